The Bertz CT molecular complexity index is 429. The largest absolute Gasteiger partial charge is 0.353 e. The number of nitrogens with one attached hydrogen (secondary N) is 2. The molecule has 0 aliphatic rings. The fourth-order valence-corrected chi connectivity index (χ4v) is 2.60. The quantitative estimate of drug-likeness (QED) is 0.856. The number of rotatable bonds is 5. The Hall–Kier alpha value is -1.35. The molecule has 2 N–H and O–H groups in total. The van der Waals surface area contributed by atoms with Crippen LogP contribution in [0.2, 0.25) is 0 Å². The molecule has 0 aliphatic carbocycles. The highest BCUT2D eigenvalue weighted by atomic mass is 16.1. The summed E-state index contributed by atoms with van der Waals surface area (Å²) in [6, 6.07) is 4.75. The van der Waals surface area contributed by atoms with Crippen LogP contribution in [0.15, 0.2) is 12.1 Å². The highest BCUT2D eigenvalue weighted by molar-refractivity contribution is 5.78. The summed E-state index contributed by atoms with van der Waals surface area (Å²) >= 11 is 0. The molecule has 106 valence electrons. The lowest BCUT2D eigenvalue weighted by Crippen LogP contribution is -2.38. The van der Waals surface area contributed by atoms with E-state index >= 15 is 0 Å². The Morgan fingerprint density at radius 1 is 1.11 bits per heavy atom. The molecule has 0 bridgehead atoms. The van der Waals surface area contributed by atoms with Gasteiger partial charge in [0.25, 0.3) is 0 Å². The maximum Gasteiger partial charge on any atom is 0.234 e. The first-order chi connectivity index (χ1) is 8.81. The van der Waals surface area contributed by atoms with Crippen LogP contribution in [0.3, 0.4) is 0 Å². The van der Waals surface area contributed by atoms with Crippen molar-refractivity contribution < 1.29 is 4.79 Å². The third-order valence-corrected chi connectivity index (χ3v) is 3.19. The molecule has 19 heavy (non-hydrogen) atoms. The van der Waals surface area contributed by atoms with Gasteiger partial charge in [-0.2, -0.15) is 0 Å². The Balaban J connectivity index is 2.69. The second kappa shape index (κ2) is 6.71. The topological polar surface area (TPSA) is 41.1 Å². The Labute approximate surface area is 116 Å². The Morgan fingerprint density at radius 2 is 1.63 bits per heavy atom. The van der Waals surface area contributed by atoms with Crippen LogP contribution in [0.1, 0.15) is 49.1 Å². The average molecular weight is 262 g/mol. The van der Waals surface area contributed by atoms with Crippen LogP contribution in [0.25, 0.3) is 0 Å². The molecule has 1 unspecified atom stereocenters. The van der Waals surface area contributed by atoms with E-state index in [4.69, 9.17) is 0 Å². The van der Waals surface area contributed by atoms with Crippen molar-refractivity contribution in [3.05, 3.63) is 34.4 Å². The number of carbonyl (C=O) groups is 1. The van der Waals surface area contributed by atoms with Gasteiger partial charge in [-0.05, 0) is 58.2 Å². The fraction of sp³-hybridized carbons (Fsp3) is 0.562. The van der Waals surface area contributed by atoms with Crippen molar-refractivity contribution >= 4 is 5.91 Å². The molecule has 0 aliphatic heterocycles. The molecule has 1 aromatic rings. The van der Waals surface area contributed by atoms with Gasteiger partial charge in [0.2, 0.25) is 5.91 Å². The van der Waals surface area contributed by atoms with Crippen LogP contribution in [-0.2, 0) is 4.79 Å². The summed E-state index contributed by atoms with van der Waals surface area (Å²) in [6.07, 6.45) is 0. The van der Waals surface area contributed by atoms with Crippen LogP contribution in [0.4, 0.5) is 0 Å². The van der Waals surface area contributed by atoms with Gasteiger partial charge in [0.15, 0.2) is 0 Å². The minimum absolute atomic E-state index is 0.0456. The Morgan fingerprint density at radius 3 is 2.11 bits per heavy atom. The van der Waals surface area contributed by atoms with Gasteiger partial charge >= 0.3 is 0 Å². The highest BCUT2D eigenvalue weighted by Gasteiger charge is 2.13. The molecule has 0 spiro atoms. The maximum absolute atomic E-state index is 11.6. The zero-order valence-corrected chi connectivity index (χ0v) is 12.9. The molecule has 1 amide bonds. The molecule has 0 radical (unpaired) electrons. The number of aryl methyl sites for hydroxylation is 3. The van der Waals surface area contributed by atoms with Crippen molar-refractivity contribution in [3.8, 4) is 0 Å². The van der Waals surface area contributed by atoms with Gasteiger partial charge in [-0.25, -0.2) is 0 Å². The highest BCUT2D eigenvalue weighted by Crippen LogP contribution is 2.23. The second-order valence-electron chi connectivity index (χ2n) is 5.64. The van der Waals surface area contributed by atoms with Crippen molar-refractivity contribution in [2.24, 2.45) is 0 Å². The summed E-state index contributed by atoms with van der Waals surface area (Å²) in [7, 11) is 0. The van der Waals surface area contributed by atoms with Crippen LogP contribution < -0.4 is 10.6 Å². The molecular formula is C16H26N2O. The number of hydrogen-bond donors (Lipinski definition) is 2. The minimum atomic E-state index is 0.0456. The lowest BCUT2D eigenvalue weighted by atomic mass is 9.95. The average Bonchev–Trinajstić information content (AvgIpc) is 2.23. The van der Waals surface area contributed by atoms with Crippen LogP contribution in [0.5, 0.6) is 0 Å². The predicted molar refractivity (Wildman–Crippen MR) is 80.3 cm³/mol. The predicted octanol–water partition coefficient (Wildman–Crippen LogP) is 2.79. The Kier molecular flexibility index (Phi) is 5.55. The van der Waals surface area contributed by atoms with Crippen molar-refractivity contribution in [2.75, 3.05) is 6.54 Å². The molecule has 0 fully saturated rings. The summed E-state index contributed by atoms with van der Waals surface area (Å²) in [5.41, 5.74) is 5.13. The molecule has 1 rings (SSSR count). The van der Waals surface area contributed by atoms with Crippen LogP contribution >= 0.6 is 0 Å². The summed E-state index contributed by atoms with van der Waals surface area (Å²) in [5.74, 6) is 0.0456. The first-order valence-electron chi connectivity index (χ1n) is 6.91. The summed E-state index contributed by atoms with van der Waals surface area (Å²) in [6.45, 7) is 12.8. The minimum Gasteiger partial charge on any atom is -0.353 e. The lowest BCUT2D eigenvalue weighted by Gasteiger charge is -2.20. The number of amides is 1. The van der Waals surface area contributed by atoms with Gasteiger partial charge in [-0.3, -0.25) is 4.79 Å². The van der Waals surface area contributed by atoms with E-state index in [2.05, 4.69) is 50.5 Å². The third kappa shape index (κ3) is 4.67. The molecule has 1 atom stereocenters. The number of hydrogen-bond acceptors (Lipinski definition) is 2. The standard InChI is InChI=1S/C16H26N2O/c1-10(2)18-15(19)9-17-14(6)16-12(4)7-11(3)8-13(16)5/h7-8,10,14,17H,9H2,1-6H3,(H,18,19). The summed E-state index contributed by atoms with van der Waals surface area (Å²) < 4.78 is 0. The lowest BCUT2D eigenvalue weighted by molar-refractivity contribution is -0.120. The molecule has 0 aromatic heterocycles. The van der Waals surface area contributed by atoms with Gasteiger partial charge in [0.1, 0.15) is 0 Å². The normalized spacial score (nSPS) is 12.6. The summed E-state index contributed by atoms with van der Waals surface area (Å²) in [5, 5.41) is 6.18. The third-order valence-electron chi connectivity index (χ3n) is 3.19. The van der Waals surface area contributed by atoms with Crippen LogP contribution in [-0.4, -0.2) is 18.5 Å². The van der Waals surface area contributed by atoms with Gasteiger partial charge < -0.3 is 10.6 Å². The van der Waals surface area contributed by atoms with Gasteiger partial charge in [0.05, 0.1) is 6.54 Å². The SMILES string of the molecule is Cc1cc(C)c(C(C)NCC(=O)NC(C)C)c(C)c1. The van der Waals surface area contributed by atoms with E-state index in [1.807, 2.05) is 13.8 Å². The zero-order valence-electron chi connectivity index (χ0n) is 12.9. The van der Waals surface area contributed by atoms with Gasteiger partial charge in [0, 0.05) is 12.1 Å². The first kappa shape index (κ1) is 15.7. The van der Waals surface area contributed by atoms with Gasteiger partial charge in [-0.1, -0.05) is 17.7 Å². The molecule has 0 saturated carbocycles. The monoisotopic (exact) mass is 262 g/mol. The van der Waals surface area contributed by atoms with Gasteiger partial charge in [-0.15, -0.1) is 0 Å². The first-order valence-corrected chi connectivity index (χ1v) is 6.91. The molecule has 0 saturated heterocycles. The van der Waals surface area contributed by atoms with E-state index in [1.165, 1.54) is 22.3 Å². The van der Waals surface area contributed by atoms with E-state index in [1.54, 1.807) is 0 Å². The molecule has 3 heteroatoms. The number of carbonyl (C=O) groups excluding carboxylic acids is 1. The summed E-state index contributed by atoms with van der Waals surface area (Å²) in [4.78, 5) is 11.6. The number of benzene rings is 1. The second-order valence-corrected chi connectivity index (χ2v) is 5.64. The smallest absolute Gasteiger partial charge is 0.234 e. The molecular weight excluding hydrogens is 236 g/mol. The van der Waals surface area contributed by atoms with Crippen molar-refractivity contribution in [3.63, 3.8) is 0 Å². The van der Waals surface area contributed by atoms with E-state index in [0.717, 1.165) is 0 Å². The van der Waals surface area contributed by atoms with E-state index in [0.29, 0.717) is 6.54 Å². The van der Waals surface area contributed by atoms with E-state index < -0.39 is 0 Å². The van der Waals surface area contributed by atoms with E-state index in [9.17, 15) is 4.79 Å². The maximum atomic E-state index is 11.6. The molecule has 1 aromatic carbocycles. The molecule has 3 nitrogen and oxygen atoms in total. The fourth-order valence-electron chi connectivity index (χ4n) is 2.60. The van der Waals surface area contributed by atoms with Crippen LogP contribution in [0, 0.1) is 20.8 Å². The zero-order chi connectivity index (χ0) is 14.6. The van der Waals surface area contributed by atoms with Crippen molar-refractivity contribution in [2.45, 2.75) is 53.6 Å². The van der Waals surface area contributed by atoms with Crippen molar-refractivity contribution in [1.82, 2.24) is 10.6 Å². The van der Waals surface area contributed by atoms with Crippen molar-refractivity contribution in [1.29, 1.82) is 0 Å². The van der Waals surface area contributed by atoms with E-state index in [-0.39, 0.29) is 18.0 Å². The molecule has 0 heterocycles.